The Hall–Kier alpha value is -2.86. The number of rotatable bonds is 3. The molecule has 1 saturated carbocycles. The summed E-state index contributed by atoms with van der Waals surface area (Å²) in [6, 6.07) is 15.1. The van der Waals surface area contributed by atoms with Crippen LogP contribution < -0.4 is 15.5 Å². The zero-order valence-corrected chi connectivity index (χ0v) is 16.8. The second kappa shape index (κ2) is 7.52. The van der Waals surface area contributed by atoms with Crippen LogP contribution in [0.4, 0.5) is 16.2 Å². The van der Waals surface area contributed by atoms with Gasteiger partial charge in [0.25, 0.3) is 11.6 Å². The molecule has 0 radical (unpaired) electrons. The van der Waals surface area contributed by atoms with E-state index in [9.17, 15) is 14.7 Å². The largest absolute Gasteiger partial charge is 0.359 e. The molecule has 1 heterocycles. The molecule has 1 aliphatic carbocycles. The van der Waals surface area contributed by atoms with Gasteiger partial charge in [-0.2, -0.15) is 0 Å². The summed E-state index contributed by atoms with van der Waals surface area (Å²) in [7, 11) is 0. The number of carbonyl (C=O) groups excluding carboxylic acids is 2. The van der Waals surface area contributed by atoms with Crippen LogP contribution in [0.15, 0.2) is 54.6 Å². The Balaban J connectivity index is 1.77. The van der Waals surface area contributed by atoms with Gasteiger partial charge in [0.15, 0.2) is 0 Å². The standard InChI is InChI=1S/C23H27N3O3/c1-15-9-8-14-19(16(15)2)24-21(27)23(29)18-12-6-7-13-20(18)25-22(28)26(23)17-10-4-3-5-11-17/h3-7,10-13,15-16,19,29H,8-9,14H2,1-2H3,(H,24,27)(H,25,28)/t15-,16+,19-,23+/m0/s1. The molecule has 0 unspecified atom stereocenters. The predicted octanol–water partition coefficient (Wildman–Crippen LogP) is 3.82. The van der Waals surface area contributed by atoms with E-state index in [0.29, 0.717) is 28.8 Å². The van der Waals surface area contributed by atoms with Gasteiger partial charge in [-0.1, -0.05) is 63.1 Å². The Morgan fingerprint density at radius 2 is 1.79 bits per heavy atom. The summed E-state index contributed by atoms with van der Waals surface area (Å²) in [5.74, 6) is 0.222. The van der Waals surface area contributed by atoms with E-state index < -0.39 is 17.7 Å². The van der Waals surface area contributed by atoms with E-state index in [1.54, 1.807) is 48.5 Å². The van der Waals surface area contributed by atoms with Crippen molar-refractivity contribution in [3.63, 3.8) is 0 Å². The molecule has 29 heavy (non-hydrogen) atoms. The first-order valence-corrected chi connectivity index (χ1v) is 10.2. The lowest BCUT2D eigenvalue weighted by Gasteiger charge is -2.44. The van der Waals surface area contributed by atoms with Crippen molar-refractivity contribution in [2.75, 3.05) is 10.2 Å². The molecule has 2 aliphatic rings. The molecule has 6 nitrogen and oxygen atoms in total. The molecule has 3 amide bonds. The lowest BCUT2D eigenvalue weighted by Crippen LogP contribution is -2.64. The number of hydrogen-bond donors (Lipinski definition) is 3. The lowest BCUT2D eigenvalue weighted by molar-refractivity contribution is -0.141. The van der Waals surface area contributed by atoms with Crippen LogP contribution in [-0.2, 0) is 10.5 Å². The normalized spacial score (nSPS) is 29.0. The van der Waals surface area contributed by atoms with Crippen LogP contribution in [0.3, 0.4) is 0 Å². The van der Waals surface area contributed by atoms with Crippen molar-refractivity contribution < 1.29 is 14.7 Å². The number of carbonyl (C=O) groups is 2. The van der Waals surface area contributed by atoms with E-state index >= 15 is 0 Å². The van der Waals surface area contributed by atoms with Gasteiger partial charge in [-0.3, -0.25) is 9.69 Å². The maximum atomic E-state index is 13.5. The Labute approximate surface area is 170 Å². The number of fused-ring (bicyclic) bond motifs is 1. The molecule has 0 saturated heterocycles. The molecule has 3 N–H and O–H groups in total. The number of hydrogen-bond acceptors (Lipinski definition) is 3. The number of aliphatic hydroxyl groups is 1. The van der Waals surface area contributed by atoms with E-state index in [0.717, 1.165) is 24.2 Å². The first-order valence-electron chi connectivity index (χ1n) is 10.2. The zero-order valence-electron chi connectivity index (χ0n) is 16.8. The quantitative estimate of drug-likeness (QED) is 0.741. The average molecular weight is 393 g/mol. The maximum Gasteiger partial charge on any atom is 0.329 e. The third kappa shape index (κ3) is 3.27. The number of benzene rings is 2. The van der Waals surface area contributed by atoms with Crippen molar-refractivity contribution in [2.24, 2.45) is 11.8 Å². The van der Waals surface area contributed by atoms with Gasteiger partial charge in [0.05, 0.1) is 5.69 Å². The molecule has 2 aromatic rings. The van der Waals surface area contributed by atoms with Crippen LogP contribution in [0.1, 0.15) is 38.7 Å². The van der Waals surface area contributed by atoms with Crippen molar-refractivity contribution in [2.45, 2.75) is 44.9 Å². The molecule has 2 aromatic carbocycles. The number of para-hydroxylation sites is 2. The summed E-state index contributed by atoms with van der Waals surface area (Å²) in [6.07, 6.45) is 3.04. The van der Waals surface area contributed by atoms with Gasteiger partial charge >= 0.3 is 6.03 Å². The number of urea groups is 1. The highest BCUT2D eigenvalue weighted by molar-refractivity contribution is 6.11. The summed E-state index contributed by atoms with van der Waals surface area (Å²) in [5.41, 5.74) is -0.896. The minimum Gasteiger partial charge on any atom is -0.359 e. The molecule has 6 heteroatoms. The summed E-state index contributed by atoms with van der Waals surface area (Å²) in [4.78, 5) is 27.7. The van der Waals surface area contributed by atoms with E-state index in [-0.39, 0.29) is 6.04 Å². The molecule has 0 bridgehead atoms. The molecule has 0 aromatic heterocycles. The van der Waals surface area contributed by atoms with Gasteiger partial charge in [-0.15, -0.1) is 0 Å². The molecule has 152 valence electrons. The van der Waals surface area contributed by atoms with E-state index in [1.807, 2.05) is 6.07 Å². The molecule has 4 rings (SSSR count). The van der Waals surface area contributed by atoms with Crippen molar-refractivity contribution in [3.05, 3.63) is 60.2 Å². The number of nitrogens with one attached hydrogen (secondary N) is 2. The number of amides is 3. The second-order valence-corrected chi connectivity index (χ2v) is 8.17. The fourth-order valence-electron chi connectivity index (χ4n) is 4.49. The second-order valence-electron chi connectivity index (χ2n) is 8.17. The van der Waals surface area contributed by atoms with Crippen molar-refractivity contribution in [3.8, 4) is 0 Å². The lowest BCUT2D eigenvalue weighted by atomic mass is 9.78. The van der Waals surface area contributed by atoms with E-state index in [1.165, 1.54) is 0 Å². The van der Waals surface area contributed by atoms with Gasteiger partial charge < -0.3 is 15.7 Å². The minimum atomic E-state index is -2.14. The molecule has 4 atom stereocenters. The van der Waals surface area contributed by atoms with Crippen molar-refractivity contribution in [1.82, 2.24) is 5.32 Å². The van der Waals surface area contributed by atoms with Gasteiger partial charge in [0.1, 0.15) is 0 Å². The summed E-state index contributed by atoms with van der Waals surface area (Å²) >= 11 is 0. The first kappa shape index (κ1) is 19.5. The minimum absolute atomic E-state index is 0.0370. The third-order valence-corrected chi connectivity index (χ3v) is 6.43. The molecular formula is C23H27N3O3. The fourth-order valence-corrected chi connectivity index (χ4v) is 4.49. The maximum absolute atomic E-state index is 13.5. The highest BCUT2D eigenvalue weighted by atomic mass is 16.3. The van der Waals surface area contributed by atoms with Gasteiger partial charge in [0.2, 0.25) is 0 Å². The first-order chi connectivity index (χ1) is 13.9. The average Bonchev–Trinajstić information content (AvgIpc) is 2.72. The van der Waals surface area contributed by atoms with Crippen molar-refractivity contribution in [1.29, 1.82) is 0 Å². The summed E-state index contributed by atoms with van der Waals surface area (Å²) < 4.78 is 0. The fraction of sp³-hybridized carbons (Fsp3) is 0.391. The monoisotopic (exact) mass is 393 g/mol. The number of nitrogens with zero attached hydrogens (tertiary/aromatic N) is 1. The summed E-state index contributed by atoms with van der Waals surface area (Å²) in [6.45, 7) is 4.33. The highest BCUT2D eigenvalue weighted by Crippen LogP contribution is 2.40. The Kier molecular flexibility index (Phi) is 5.04. The van der Waals surface area contributed by atoms with Crippen LogP contribution in [0, 0.1) is 11.8 Å². The van der Waals surface area contributed by atoms with Crippen LogP contribution in [0.25, 0.3) is 0 Å². The smallest absolute Gasteiger partial charge is 0.329 e. The van der Waals surface area contributed by atoms with E-state index in [4.69, 9.17) is 0 Å². The van der Waals surface area contributed by atoms with Crippen molar-refractivity contribution >= 4 is 23.3 Å². The molecular weight excluding hydrogens is 366 g/mol. The van der Waals surface area contributed by atoms with Gasteiger partial charge in [-0.25, -0.2) is 4.79 Å². The van der Waals surface area contributed by atoms with Gasteiger partial charge in [-0.05, 0) is 36.5 Å². The Bertz CT molecular complexity index is 917. The van der Waals surface area contributed by atoms with E-state index in [2.05, 4.69) is 24.5 Å². The topological polar surface area (TPSA) is 81.7 Å². The molecule has 1 aliphatic heterocycles. The SMILES string of the molecule is C[C@H]1[C@@H](NC(=O)[C@]2(O)c3ccccc3NC(=O)N2c2ccccc2)CCC[C@@H]1C. The molecule has 0 spiro atoms. The van der Waals surface area contributed by atoms with Crippen LogP contribution in [0.2, 0.25) is 0 Å². The van der Waals surface area contributed by atoms with Crippen LogP contribution in [0.5, 0.6) is 0 Å². The number of anilines is 2. The zero-order chi connectivity index (χ0) is 20.6. The Morgan fingerprint density at radius 1 is 1.10 bits per heavy atom. The predicted molar refractivity (Wildman–Crippen MR) is 112 cm³/mol. The Morgan fingerprint density at radius 3 is 2.55 bits per heavy atom. The third-order valence-electron chi connectivity index (χ3n) is 6.43. The van der Waals surface area contributed by atoms with Crippen LogP contribution in [-0.4, -0.2) is 23.1 Å². The highest BCUT2D eigenvalue weighted by Gasteiger charge is 2.52. The van der Waals surface area contributed by atoms with Gasteiger partial charge in [0, 0.05) is 17.3 Å². The van der Waals surface area contributed by atoms with Crippen LogP contribution >= 0.6 is 0 Å². The molecule has 1 fully saturated rings. The summed E-state index contributed by atoms with van der Waals surface area (Å²) in [5, 5.41) is 17.7.